The molecule has 39 heavy (non-hydrogen) atoms. The Morgan fingerprint density at radius 1 is 0.692 bits per heavy atom. The maximum absolute atomic E-state index is 12.3. The molecule has 6 nitrogen and oxygen atoms in total. The molecule has 0 aliphatic rings. The summed E-state index contributed by atoms with van der Waals surface area (Å²) in [5.41, 5.74) is 0.275. The molecular formula is C33H44N2O4. The molecule has 6 heteroatoms. The molecule has 1 aromatic rings. The van der Waals surface area contributed by atoms with Crippen molar-refractivity contribution in [2.75, 3.05) is 13.1 Å². The van der Waals surface area contributed by atoms with Gasteiger partial charge in [-0.15, -0.1) is 0 Å². The van der Waals surface area contributed by atoms with Gasteiger partial charge >= 0.3 is 5.97 Å². The number of benzene rings is 1. The number of para-hydroxylation sites is 1. The predicted molar refractivity (Wildman–Crippen MR) is 161 cm³/mol. The Bertz CT molecular complexity index is 1030. The second-order valence-electron chi connectivity index (χ2n) is 8.65. The van der Waals surface area contributed by atoms with Crippen LogP contribution in [0.3, 0.4) is 0 Å². The van der Waals surface area contributed by atoms with E-state index < -0.39 is 5.97 Å². The Morgan fingerprint density at radius 2 is 1.18 bits per heavy atom. The summed E-state index contributed by atoms with van der Waals surface area (Å²) in [7, 11) is 0. The van der Waals surface area contributed by atoms with Gasteiger partial charge in [0.05, 0.1) is 5.56 Å². The second-order valence-corrected chi connectivity index (χ2v) is 8.65. The van der Waals surface area contributed by atoms with Gasteiger partial charge < -0.3 is 15.4 Å². The lowest BCUT2D eigenvalue weighted by molar-refractivity contribution is -0.131. The highest BCUT2D eigenvalue weighted by molar-refractivity contribution is 5.97. The molecule has 2 N–H and O–H groups in total. The highest BCUT2D eigenvalue weighted by Crippen LogP contribution is 2.17. The number of hydrogen-bond acceptors (Lipinski definition) is 4. The SMILES string of the molecule is CC/C=C\C/C=C\C/C=C\C/C=C\C/C=C\C/C=C\CCC(=O)NCCNC(=O)c1ccccc1OC(C)=O. The van der Waals surface area contributed by atoms with Gasteiger partial charge in [-0.25, -0.2) is 0 Å². The van der Waals surface area contributed by atoms with Crippen LogP contribution in [0.25, 0.3) is 0 Å². The van der Waals surface area contributed by atoms with Crippen molar-refractivity contribution in [1.29, 1.82) is 0 Å². The molecule has 2 amide bonds. The topological polar surface area (TPSA) is 84.5 Å². The van der Waals surface area contributed by atoms with E-state index in [4.69, 9.17) is 4.74 Å². The summed E-state index contributed by atoms with van der Waals surface area (Å²) >= 11 is 0. The fourth-order valence-corrected chi connectivity index (χ4v) is 3.31. The van der Waals surface area contributed by atoms with Gasteiger partial charge in [-0.2, -0.15) is 0 Å². The van der Waals surface area contributed by atoms with Crippen LogP contribution in [0.15, 0.2) is 97.2 Å². The Labute approximate surface area is 234 Å². The van der Waals surface area contributed by atoms with Gasteiger partial charge in [0.1, 0.15) is 5.75 Å². The molecule has 0 atom stereocenters. The van der Waals surface area contributed by atoms with Crippen LogP contribution in [0.2, 0.25) is 0 Å². The molecule has 0 radical (unpaired) electrons. The fourth-order valence-electron chi connectivity index (χ4n) is 3.31. The summed E-state index contributed by atoms with van der Waals surface area (Å²) in [4.78, 5) is 35.5. The van der Waals surface area contributed by atoms with Gasteiger partial charge in [0, 0.05) is 26.4 Å². The first-order valence-corrected chi connectivity index (χ1v) is 13.8. The summed E-state index contributed by atoms with van der Waals surface area (Å²) in [6, 6.07) is 6.53. The predicted octanol–water partition coefficient (Wildman–Crippen LogP) is 6.94. The number of rotatable bonds is 19. The summed E-state index contributed by atoms with van der Waals surface area (Å²) in [6.07, 6.45) is 32.7. The fraction of sp³-hybridized carbons (Fsp3) is 0.364. The zero-order valence-electron chi connectivity index (χ0n) is 23.4. The monoisotopic (exact) mass is 532 g/mol. The normalized spacial score (nSPS) is 12.1. The molecule has 0 saturated carbocycles. The lowest BCUT2D eigenvalue weighted by Gasteiger charge is -2.10. The molecule has 0 aromatic heterocycles. The van der Waals surface area contributed by atoms with Crippen molar-refractivity contribution in [3.63, 3.8) is 0 Å². The lowest BCUT2D eigenvalue weighted by Crippen LogP contribution is -2.34. The number of carbonyl (C=O) groups is 3. The van der Waals surface area contributed by atoms with Crippen molar-refractivity contribution in [1.82, 2.24) is 10.6 Å². The average Bonchev–Trinajstić information content (AvgIpc) is 2.92. The largest absolute Gasteiger partial charge is 0.426 e. The van der Waals surface area contributed by atoms with Crippen molar-refractivity contribution in [3.05, 3.63) is 103 Å². The van der Waals surface area contributed by atoms with E-state index in [-0.39, 0.29) is 29.7 Å². The third-order valence-corrected chi connectivity index (χ3v) is 5.25. The lowest BCUT2D eigenvalue weighted by atomic mass is 10.2. The molecule has 0 aliphatic carbocycles. The third-order valence-electron chi connectivity index (χ3n) is 5.25. The van der Waals surface area contributed by atoms with Crippen LogP contribution in [0.4, 0.5) is 0 Å². The number of ether oxygens (including phenoxy) is 1. The van der Waals surface area contributed by atoms with Crippen molar-refractivity contribution < 1.29 is 19.1 Å². The Morgan fingerprint density at radius 3 is 1.72 bits per heavy atom. The summed E-state index contributed by atoms with van der Waals surface area (Å²) in [5.74, 6) is -0.708. The van der Waals surface area contributed by atoms with Gasteiger partial charge in [0.25, 0.3) is 5.91 Å². The minimum Gasteiger partial charge on any atom is -0.426 e. The second kappa shape index (κ2) is 23.2. The summed E-state index contributed by atoms with van der Waals surface area (Å²) in [6.45, 7) is 4.03. The van der Waals surface area contributed by atoms with E-state index in [0.717, 1.165) is 38.5 Å². The summed E-state index contributed by atoms with van der Waals surface area (Å²) in [5, 5.41) is 5.51. The van der Waals surface area contributed by atoms with Crippen molar-refractivity contribution in [3.8, 4) is 5.75 Å². The van der Waals surface area contributed by atoms with Gasteiger partial charge in [0.15, 0.2) is 0 Å². The molecule has 0 spiro atoms. The smallest absolute Gasteiger partial charge is 0.308 e. The van der Waals surface area contributed by atoms with Crippen LogP contribution >= 0.6 is 0 Å². The number of hydrogen-bond donors (Lipinski definition) is 2. The van der Waals surface area contributed by atoms with E-state index in [9.17, 15) is 14.4 Å². The first kappa shape index (κ1) is 33.1. The van der Waals surface area contributed by atoms with Gasteiger partial charge in [-0.1, -0.05) is 92.0 Å². The zero-order chi connectivity index (χ0) is 28.4. The van der Waals surface area contributed by atoms with E-state index in [2.05, 4.69) is 84.4 Å². The van der Waals surface area contributed by atoms with E-state index in [1.807, 2.05) is 6.08 Å². The third kappa shape index (κ3) is 18.9. The van der Waals surface area contributed by atoms with E-state index in [1.165, 1.54) is 6.92 Å². The first-order valence-electron chi connectivity index (χ1n) is 13.8. The van der Waals surface area contributed by atoms with E-state index in [1.54, 1.807) is 24.3 Å². The molecular weight excluding hydrogens is 488 g/mol. The number of amides is 2. The minimum atomic E-state index is -0.491. The molecule has 0 unspecified atom stereocenters. The Hall–Kier alpha value is -3.93. The van der Waals surface area contributed by atoms with Gasteiger partial charge in [-0.05, 0) is 57.1 Å². The van der Waals surface area contributed by atoms with Crippen LogP contribution in [-0.2, 0) is 9.59 Å². The van der Waals surface area contributed by atoms with Crippen molar-refractivity contribution in [2.45, 2.75) is 65.2 Å². The molecule has 0 bridgehead atoms. The van der Waals surface area contributed by atoms with E-state index >= 15 is 0 Å². The maximum Gasteiger partial charge on any atom is 0.308 e. The van der Waals surface area contributed by atoms with Crippen LogP contribution in [-0.4, -0.2) is 30.9 Å². The summed E-state index contributed by atoms with van der Waals surface area (Å²) < 4.78 is 5.05. The highest BCUT2D eigenvalue weighted by Gasteiger charge is 2.13. The first-order chi connectivity index (χ1) is 19.0. The molecule has 0 heterocycles. The molecule has 0 aliphatic heterocycles. The highest BCUT2D eigenvalue weighted by atomic mass is 16.5. The van der Waals surface area contributed by atoms with Crippen LogP contribution < -0.4 is 15.4 Å². The standard InChI is InChI=1S/C33H44N2O4/c1-3-4-5-6-7-8-9-10-11-12-13-14-15-16-17-18-19-20-21-26-32(37)34-27-28-35-33(38)30-24-22-23-25-31(30)39-29(2)36/h4-5,7-8,10-11,13-14,16-17,19-20,22-25H,3,6,9,12,15,18,21,26-28H2,1-2H3,(H,34,37)(H,35,38)/b5-4-,8-7-,11-10-,14-13-,17-16-,20-19-. The van der Waals surface area contributed by atoms with E-state index in [0.29, 0.717) is 19.4 Å². The number of nitrogens with one attached hydrogen (secondary N) is 2. The van der Waals surface area contributed by atoms with Crippen LogP contribution in [0, 0.1) is 0 Å². The number of allylic oxidation sites excluding steroid dienone is 12. The van der Waals surface area contributed by atoms with Gasteiger partial charge in [0.2, 0.25) is 5.91 Å². The molecule has 0 fully saturated rings. The Kier molecular flexibility index (Phi) is 19.7. The Balaban J connectivity index is 2.06. The van der Waals surface area contributed by atoms with Crippen molar-refractivity contribution in [2.24, 2.45) is 0 Å². The molecule has 210 valence electrons. The van der Waals surface area contributed by atoms with Crippen LogP contribution in [0.1, 0.15) is 75.6 Å². The molecule has 0 saturated heterocycles. The van der Waals surface area contributed by atoms with Gasteiger partial charge in [-0.3, -0.25) is 14.4 Å². The van der Waals surface area contributed by atoms with Crippen molar-refractivity contribution >= 4 is 17.8 Å². The number of esters is 1. The molecule has 1 rings (SSSR count). The minimum absolute atomic E-state index is 0.0657. The van der Waals surface area contributed by atoms with Crippen LogP contribution in [0.5, 0.6) is 5.75 Å². The zero-order valence-corrected chi connectivity index (χ0v) is 23.4. The number of carbonyl (C=O) groups excluding carboxylic acids is 3. The maximum atomic E-state index is 12.3. The average molecular weight is 533 g/mol. The quantitative estimate of drug-likeness (QED) is 0.0875. The molecule has 1 aromatic carbocycles.